The van der Waals surface area contributed by atoms with Gasteiger partial charge in [-0.1, -0.05) is 11.6 Å². The molecule has 2 N–H and O–H groups in total. The van der Waals surface area contributed by atoms with Gasteiger partial charge in [-0.2, -0.15) is 0 Å². The molecule has 80 valence electrons. The molecule has 0 atom stereocenters. The second-order valence-corrected chi connectivity index (χ2v) is 4.61. The van der Waals surface area contributed by atoms with Crippen LogP contribution in [0.15, 0.2) is 30.0 Å². The predicted molar refractivity (Wildman–Crippen MR) is 65.7 cm³/mol. The van der Waals surface area contributed by atoms with Crippen molar-refractivity contribution in [2.45, 2.75) is 0 Å². The number of nitrogens with zero attached hydrogens (tertiary/aromatic N) is 3. The van der Waals surface area contributed by atoms with E-state index in [1.54, 1.807) is 28.4 Å². The van der Waals surface area contributed by atoms with Crippen molar-refractivity contribution >= 4 is 34.4 Å². The molecule has 3 aromatic heterocycles. The van der Waals surface area contributed by atoms with Crippen molar-refractivity contribution in [2.75, 3.05) is 5.73 Å². The summed E-state index contributed by atoms with van der Waals surface area (Å²) in [5, 5.41) is 0.632. The molecule has 0 aliphatic rings. The molecule has 3 aromatic rings. The van der Waals surface area contributed by atoms with E-state index in [0.29, 0.717) is 10.8 Å². The monoisotopic (exact) mass is 250 g/mol. The molecule has 0 fully saturated rings. The molecule has 3 rings (SSSR count). The Hall–Kier alpha value is -1.59. The van der Waals surface area contributed by atoms with Crippen LogP contribution in [0.4, 0.5) is 5.82 Å². The minimum Gasteiger partial charge on any atom is -0.383 e. The van der Waals surface area contributed by atoms with Gasteiger partial charge in [0.15, 0.2) is 0 Å². The minimum absolute atomic E-state index is 0.585. The third-order valence-corrected chi connectivity index (χ3v) is 3.29. The Morgan fingerprint density at radius 2 is 2.25 bits per heavy atom. The largest absolute Gasteiger partial charge is 0.383 e. The average Bonchev–Trinajstić information content (AvgIpc) is 2.87. The van der Waals surface area contributed by atoms with E-state index in [4.69, 9.17) is 17.3 Å². The molecule has 0 saturated heterocycles. The molecule has 16 heavy (non-hydrogen) atoms. The van der Waals surface area contributed by atoms with E-state index in [0.717, 1.165) is 16.2 Å². The number of hydrogen-bond acceptors (Lipinski definition) is 4. The average molecular weight is 251 g/mol. The molecule has 0 aliphatic heterocycles. The normalized spacial score (nSPS) is 11.1. The number of nitrogens with two attached hydrogens (primary N) is 1. The lowest BCUT2D eigenvalue weighted by Crippen LogP contribution is -1.93. The lowest BCUT2D eigenvalue weighted by atomic mass is 10.4. The summed E-state index contributed by atoms with van der Waals surface area (Å²) in [5.74, 6) is 0.585. The van der Waals surface area contributed by atoms with E-state index in [-0.39, 0.29) is 0 Å². The van der Waals surface area contributed by atoms with Crippen LogP contribution in [0.5, 0.6) is 0 Å². The maximum Gasteiger partial charge on any atom is 0.139 e. The Bertz CT molecular complexity index is 644. The number of thiazole rings is 1. The first kappa shape index (κ1) is 9.62. The van der Waals surface area contributed by atoms with Crippen LogP contribution in [0.1, 0.15) is 0 Å². The molecule has 0 aliphatic carbocycles. The Morgan fingerprint density at radius 1 is 1.38 bits per heavy atom. The topological polar surface area (TPSA) is 56.2 Å². The van der Waals surface area contributed by atoms with Crippen LogP contribution in [0, 0.1) is 0 Å². The highest BCUT2D eigenvalue weighted by atomic mass is 35.5. The fourth-order valence-corrected chi connectivity index (χ4v) is 2.33. The van der Waals surface area contributed by atoms with Gasteiger partial charge in [-0.25, -0.2) is 4.98 Å². The maximum atomic E-state index is 6.02. The molecule has 0 amide bonds. The molecule has 0 spiro atoms. The smallest absolute Gasteiger partial charge is 0.139 e. The number of anilines is 1. The third-order valence-electron chi connectivity index (χ3n) is 2.29. The Morgan fingerprint density at radius 3 is 3.00 bits per heavy atom. The van der Waals surface area contributed by atoms with Gasteiger partial charge in [0.25, 0.3) is 0 Å². The van der Waals surface area contributed by atoms with Gasteiger partial charge < -0.3 is 5.73 Å². The summed E-state index contributed by atoms with van der Waals surface area (Å²) in [5.41, 5.74) is 9.31. The number of nitrogen functional groups attached to an aromatic ring is 1. The van der Waals surface area contributed by atoms with Crippen molar-refractivity contribution < 1.29 is 0 Å². The van der Waals surface area contributed by atoms with E-state index in [1.807, 2.05) is 6.07 Å². The third kappa shape index (κ3) is 1.36. The first-order chi connectivity index (χ1) is 7.75. The summed E-state index contributed by atoms with van der Waals surface area (Å²) in [4.78, 5) is 9.42. The number of pyridine rings is 1. The highest BCUT2D eigenvalue weighted by Gasteiger charge is 2.12. The van der Waals surface area contributed by atoms with Gasteiger partial charge in [0.2, 0.25) is 0 Å². The lowest BCUT2D eigenvalue weighted by Gasteiger charge is -1.96. The summed E-state index contributed by atoms with van der Waals surface area (Å²) in [6.45, 7) is 0. The van der Waals surface area contributed by atoms with E-state index in [1.165, 1.54) is 11.3 Å². The highest BCUT2D eigenvalue weighted by Crippen LogP contribution is 2.29. The van der Waals surface area contributed by atoms with Gasteiger partial charge in [0, 0.05) is 12.4 Å². The summed E-state index contributed by atoms with van der Waals surface area (Å²) in [6.07, 6.45) is 3.51. The van der Waals surface area contributed by atoms with E-state index < -0.39 is 0 Å². The van der Waals surface area contributed by atoms with E-state index >= 15 is 0 Å². The number of imidazole rings is 1. The van der Waals surface area contributed by atoms with Crippen LogP contribution < -0.4 is 5.73 Å². The fourth-order valence-electron chi connectivity index (χ4n) is 1.55. The first-order valence-electron chi connectivity index (χ1n) is 4.57. The van der Waals surface area contributed by atoms with Crippen molar-refractivity contribution in [1.82, 2.24) is 14.4 Å². The summed E-state index contributed by atoms with van der Waals surface area (Å²) in [7, 11) is 0. The van der Waals surface area contributed by atoms with Gasteiger partial charge in [0.1, 0.15) is 17.2 Å². The molecular weight excluding hydrogens is 244 g/mol. The Balaban J connectivity index is 2.32. The van der Waals surface area contributed by atoms with E-state index in [9.17, 15) is 0 Å². The van der Waals surface area contributed by atoms with Gasteiger partial charge in [0.05, 0.1) is 15.4 Å². The first-order valence-corrected chi connectivity index (χ1v) is 5.83. The second kappa shape index (κ2) is 3.47. The van der Waals surface area contributed by atoms with Crippen LogP contribution in [0.3, 0.4) is 0 Å². The molecule has 6 heteroatoms. The fraction of sp³-hybridized carbons (Fsp3) is 0. The number of rotatable bonds is 1. The number of halogens is 1. The van der Waals surface area contributed by atoms with Crippen LogP contribution in [-0.4, -0.2) is 14.4 Å². The van der Waals surface area contributed by atoms with Crippen molar-refractivity contribution in [3.05, 3.63) is 35.1 Å². The van der Waals surface area contributed by atoms with Crippen LogP contribution in [-0.2, 0) is 0 Å². The minimum atomic E-state index is 0.585. The zero-order chi connectivity index (χ0) is 11.1. The van der Waals surface area contributed by atoms with Crippen LogP contribution in [0.25, 0.3) is 16.2 Å². The molecule has 0 bridgehead atoms. The molecule has 4 nitrogen and oxygen atoms in total. The molecular formula is C10H7ClN4S. The Labute approximate surface area is 100 Å². The highest BCUT2D eigenvalue weighted by molar-refractivity contribution is 7.13. The maximum absolute atomic E-state index is 6.02. The quantitative estimate of drug-likeness (QED) is 0.722. The van der Waals surface area contributed by atoms with Gasteiger partial charge >= 0.3 is 0 Å². The second-order valence-electron chi connectivity index (χ2n) is 3.29. The lowest BCUT2D eigenvalue weighted by molar-refractivity contribution is 1.20. The summed E-state index contributed by atoms with van der Waals surface area (Å²) in [6, 6.07) is 3.63. The van der Waals surface area contributed by atoms with Crippen molar-refractivity contribution in [3.8, 4) is 10.6 Å². The number of fused-ring (bicyclic) bond motifs is 1. The summed E-state index contributed by atoms with van der Waals surface area (Å²) < 4.78 is 1.78. The molecule has 0 unspecified atom stereocenters. The zero-order valence-corrected chi connectivity index (χ0v) is 9.66. The standard InChI is InChI=1S/C10H7ClN4S/c11-6-1-2-8-14-9(7-3-13-5-16-7)10(12)15(8)4-6/h1-5H,12H2. The summed E-state index contributed by atoms with van der Waals surface area (Å²) >= 11 is 7.42. The van der Waals surface area contributed by atoms with Gasteiger partial charge in [-0.05, 0) is 12.1 Å². The predicted octanol–water partition coefficient (Wildman–Crippen LogP) is 2.69. The van der Waals surface area contributed by atoms with Crippen LogP contribution in [0.2, 0.25) is 5.02 Å². The molecule has 0 radical (unpaired) electrons. The van der Waals surface area contributed by atoms with E-state index in [2.05, 4.69) is 9.97 Å². The number of aromatic nitrogens is 3. The van der Waals surface area contributed by atoms with Crippen LogP contribution >= 0.6 is 22.9 Å². The molecule has 0 saturated carbocycles. The molecule has 0 aromatic carbocycles. The van der Waals surface area contributed by atoms with Crippen molar-refractivity contribution in [3.63, 3.8) is 0 Å². The van der Waals surface area contributed by atoms with Crippen molar-refractivity contribution in [2.24, 2.45) is 0 Å². The Kier molecular flexibility index (Phi) is 2.08. The zero-order valence-electron chi connectivity index (χ0n) is 8.09. The molecule has 3 heterocycles. The van der Waals surface area contributed by atoms with Gasteiger partial charge in [-0.15, -0.1) is 11.3 Å². The van der Waals surface area contributed by atoms with Crippen molar-refractivity contribution in [1.29, 1.82) is 0 Å². The number of hydrogen-bond donors (Lipinski definition) is 1. The van der Waals surface area contributed by atoms with Gasteiger partial charge in [-0.3, -0.25) is 9.38 Å². The SMILES string of the molecule is Nc1c(-c2cncs2)nc2ccc(Cl)cn12.